The zero-order valence-corrected chi connectivity index (χ0v) is 8.20. The Balaban J connectivity index is 3.17. The highest BCUT2D eigenvalue weighted by molar-refractivity contribution is 5.73. The second kappa shape index (κ2) is 2.60. The monoisotopic (exact) mass is 194 g/mol. The summed E-state index contributed by atoms with van der Waals surface area (Å²) >= 11 is 0. The average Bonchev–Trinajstić information content (AvgIpc) is 2.54. The predicted molar refractivity (Wildman–Crippen MR) is 51.4 cm³/mol. The first-order valence-electron chi connectivity index (χ1n) is 4.18. The molecule has 0 aliphatic rings. The summed E-state index contributed by atoms with van der Waals surface area (Å²) in [5.74, 6) is 0.623. The molecule has 5 nitrogen and oxygen atoms in total. The van der Waals surface area contributed by atoms with Crippen LogP contribution in [0, 0.1) is 6.92 Å². The van der Waals surface area contributed by atoms with Gasteiger partial charge in [-0.25, -0.2) is 4.79 Å². The van der Waals surface area contributed by atoms with E-state index < -0.39 is 0 Å². The summed E-state index contributed by atoms with van der Waals surface area (Å²) < 4.78 is 7.65. The van der Waals surface area contributed by atoms with Crippen LogP contribution in [0.5, 0.6) is 0 Å². The third kappa shape index (κ3) is 0.951. The van der Waals surface area contributed by atoms with Crippen LogP contribution in [0.25, 0.3) is 11.1 Å². The van der Waals surface area contributed by atoms with Crippen molar-refractivity contribution in [1.82, 2.24) is 9.13 Å². The van der Waals surface area contributed by atoms with E-state index in [4.69, 9.17) is 4.42 Å². The third-order valence-electron chi connectivity index (χ3n) is 2.25. The Morgan fingerprint density at radius 1 is 1.21 bits per heavy atom. The Kier molecular flexibility index (Phi) is 1.64. The first kappa shape index (κ1) is 8.80. The van der Waals surface area contributed by atoms with E-state index in [1.807, 2.05) is 0 Å². The largest absolute Gasteiger partial charge is 0.444 e. The number of furan rings is 1. The molecule has 2 aromatic heterocycles. The van der Waals surface area contributed by atoms with E-state index in [2.05, 4.69) is 0 Å². The molecule has 2 heterocycles. The van der Waals surface area contributed by atoms with E-state index in [1.165, 1.54) is 11.6 Å². The lowest BCUT2D eigenvalue weighted by atomic mass is 10.4. The molecule has 0 saturated carbocycles. The van der Waals surface area contributed by atoms with E-state index in [0.29, 0.717) is 16.9 Å². The van der Waals surface area contributed by atoms with Gasteiger partial charge in [0.2, 0.25) is 5.71 Å². The molecule has 0 atom stereocenters. The second-order valence-electron chi connectivity index (χ2n) is 3.28. The fourth-order valence-electron chi connectivity index (χ4n) is 1.48. The van der Waals surface area contributed by atoms with Crippen LogP contribution in [0.3, 0.4) is 0 Å². The van der Waals surface area contributed by atoms with Gasteiger partial charge in [0.25, 0.3) is 5.56 Å². The van der Waals surface area contributed by atoms with E-state index in [-0.39, 0.29) is 11.2 Å². The van der Waals surface area contributed by atoms with Crippen molar-refractivity contribution in [2.24, 2.45) is 14.1 Å². The van der Waals surface area contributed by atoms with Gasteiger partial charge in [0.05, 0.1) is 0 Å². The molecule has 0 fully saturated rings. The number of rotatable bonds is 0. The van der Waals surface area contributed by atoms with Crippen molar-refractivity contribution < 1.29 is 4.42 Å². The molecule has 2 aromatic rings. The van der Waals surface area contributed by atoms with Gasteiger partial charge >= 0.3 is 5.69 Å². The molecular formula is C9H10N2O3. The lowest BCUT2D eigenvalue weighted by Crippen LogP contribution is -2.36. The van der Waals surface area contributed by atoms with Gasteiger partial charge in [0, 0.05) is 14.1 Å². The van der Waals surface area contributed by atoms with Crippen molar-refractivity contribution >= 4 is 11.1 Å². The number of aromatic nitrogens is 2. The molecule has 0 radical (unpaired) electrons. The molecule has 74 valence electrons. The molecule has 0 bridgehead atoms. The fraction of sp³-hybridized carbons (Fsp3) is 0.333. The highest BCUT2D eigenvalue weighted by atomic mass is 16.3. The molecule has 5 heteroatoms. The molecule has 0 spiro atoms. The van der Waals surface area contributed by atoms with Gasteiger partial charge in [-0.3, -0.25) is 13.9 Å². The molecule has 0 aliphatic heterocycles. The minimum atomic E-state index is -0.378. The van der Waals surface area contributed by atoms with Gasteiger partial charge in [0.15, 0.2) is 0 Å². The molecule has 0 amide bonds. The van der Waals surface area contributed by atoms with Crippen LogP contribution in [0.4, 0.5) is 0 Å². The van der Waals surface area contributed by atoms with Crippen molar-refractivity contribution in [3.63, 3.8) is 0 Å². The van der Waals surface area contributed by atoms with Crippen molar-refractivity contribution in [3.8, 4) is 0 Å². The maximum Gasteiger partial charge on any atom is 0.333 e. The maximum atomic E-state index is 11.6. The Morgan fingerprint density at radius 2 is 1.86 bits per heavy atom. The normalized spacial score (nSPS) is 11.1. The van der Waals surface area contributed by atoms with Gasteiger partial charge < -0.3 is 4.42 Å². The minimum Gasteiger partial charge on any atom is -0.444 e. The Morgan fingerprint density at radius 3 is 2.50 bits per heavy atom. The molecule has 0 saturated heterocycles. The highest BCUT2D eigenvalue weighted by Crippen LogP contribution is 2.12. The topological polar surface area (TPSA) is 57.1 Å². The first-order valence-corrected chi connectivity index (χ1v) is 4.18. The van der Waals surface area contributed by atoms with Crippen molar-refractivity contribution in [3.05, 3.63) is 32.7 Å². The number of fused-ring (bicyclic) bond motifs is 1. The lowest BCUT2D eigenvalue weighted by molar-refractivity contribution is 0.537. The van der Waals surface area contributed by atoms with E-state index in [9.17, 15) is 9.59 Å². The SMILES string of the molecule is Cc1cc2c(=O)n(C)c(=O)n(C)c2o1. The molecule has 2 rings (SSSR count). The number of aryl methyl sites for hydroxylation is 2. The van der Waals surface area contributed by atoms with Crippen LogP contribution in [0.15, 0.2) is 20.1 Å². The first-order chi connectivity index (χ1) is 6.52. The summed E-state index contributed by atoms with van der Waals surface area (Å²) in [6.07, 6.45) is 0. The van der Waals surface area contributed by atoms with E-state index >= 15 is 0 Å². The zero-order chi connectivity index (χ0) is 10.5. The smallest absolute Gasteiger partial charge is 0.333 e. The van der Waals surface area contributed by atoms with Gasteiger partial charge in [-0.1, -0.05) is 0 Å². The summed E-state index contributed by atoms with van der Waals surface area (Å²) in [7, 11) is 3.03. The highest BCUT2D eigenvalue weighted by Gasteiger charge is 2.11. The molecule has 0 aromatic carbocycles. The van der Waals surface area contributed by atoms with E-state index in [0.717, 1.165) is 4.57 Å². The average molecular weight is 194 g/mol. The Labute approximate surface area is 79.2 Å². The fourth-order valence-corrected chi connectivity index (χ4v) is 1.48. The summed E-state index contributed by atoms with van der Waals surface area (Å²) in [5.41, 5.74) is -0.368. The van der Waals surface area contributed by atoms with Crippen LogP contribution in [-0.2, 0) is 14.1 Å². The van der Waals surface area contributed by atoms with Gasteiger partial charge in [-0.05, 0) is 13.0 Å². The van der Waals surface area contributed by atoms with Gasteiger partial charge in [-0.15, -0.1) is 0 Å². The van der Waals surface area contributed by atoms with Crippen LogP contribution < -0.4 is 11.2 Å². The van der Waals surface area contributed by atoms with Crippen LogP contribution in [-0.4, -0.2) is 9.13 Å². The molecular weight excluding hydrogens is 184 g/mol. The van der Waals surface area contributed by atoms with Crippen molar-refractivity contribution in [2.75, 3.05) is 0 Å². The Hall–Kier alpha value is -1.78. The summed E-state index contributed by atoms with van der Waals surface area (Å²) in [6.45, 7) is 1.74. The van der Waals surface area contributed by atoms with Gasteiger partial charge in [0.1, 0.15) is 11.1 Å². The predicted octanol–water partition coefficient (Wildman–Crippen LogP) is 0.139. The number of nitrogens with zero attached hydrogens (tertiary/aromatic N) is 2. The third-order valence-corrected chi connectivity index (χ3v) is 2.25. The lowest BCUT2D eigenvalue weighted by Gasteiger charge is -2.00. The van der Waals surface area contributed by atoms with E-state index in [1.54, 1.807) is 20.0 Å². The van der Waals surface area contributed by atoms with Crippen molar-refractivity contribution in [1.29, 1.82) is 0 Å². The minimum absolute atomic E-state index is 0.319. The second-order valence-corrected chi connectivity index (χ2v) is 3.28. The number of hydrogen-bond acceptors (Lipinski definition) is 3. The van der Waals surface area contributed by atoms with Crippen LogP contribution in [0.1, 0.15) is 5.76 Å². The maximum absolute atomic E-state index is 11.6. The van der Waals surface area contributed by atoms with Crippen LogP contribution in [0.2, 0.25) is 0 Å². The van der Waals surface area contributed by atoms with Gasteiger partial charge in [-0.2, -0.15) is 0 Å². The zero-order valence-electron chi connectivity index (χ0n) is 8.20. The summed E-state index contributed by atoms with van der Waals surface area (Å²) in [6, 6.07) is 1.64. The van der Waals surface area contributed by atoms with Crippen LogP contribution >= 0.6 is 0 Å². The summed E-state index contributed by atoms with van der Waals surface area (Å²) in [5, 5.41) is 0.437. The standard InChI is InChI=1S/C9H10N2O3/c1-5-4-6-7(12)10(2)9(13)11(3)8(6)14-5/h4H,1-3H3. The Bertz CT molecular complexity index is 615. The van der Waals surface area contributed by atoms with Crippen molar-refractivity contribution in [2.45, 2.75) is 6.92 Å². The number of hydrogen-bond donors (Lipinski definition) is 0. The molecule has 0 aliphatic carbocycles. The molecule has 14 heavy (non-hydrogen) atoms. The molecule has 0 N–H and O–H groups in total. The molecule has 0 unspecified atom stereocenters. The summed E-state index contributed by atoms with van der Waals surface area (Å²) in [4.78, 5) is 23.1. The quantitative estimate of drug-likeness (QED) is 0.599.